The van der Waals surface area contributed by atoms with Crippen LogP contribution in [0.5, 0.6) is 5.75 Å². The zero-order chi connectivity index (χ0) is 20.1. The third-order valence-electron chi connectivity index (χ3n) is 3.53. The molecule has 1 heterocycles. The monoisotopic (exact) mass is 447 g/mol. The molecule has 144 valence electrons. The van der Waals surface area contributed by atoms with E-state index in [0.717, 1.165) is 6.07 Å². The Morgan fingerprint density at radius 2 is 2.00 bits per heavy atom. The van der Waals surface area contributed by atoms with Crippen LogP contribution in [-0.4, -0.2) is 28.0 Å². The first-order valence-electron chi connectivity index (χ1n) is 7.99. The van der Waals surface area contributed by atoms with E-state index in [-0.39, 0.29) is 29.9 Å². The van der Waals surface area contributed by atoms with Crippen LogP contribution in [-0.2, 0) is 11.3 Å². The van der Waals surface area contributed by atoms with Gasteiger partial charge in [-0.1, -0.05) is 12.1 Å². The molecule has 0 saturated carbocycles. The van der Waals surface area contributed by atoms with Crippen molar-refractivity contribution in [1.29, 1.82) is 0 Å². The van der Waals surface area contributed by atoms with Gasteiger partial charge in [0.1, 0.15) is 11.6 Å². The summed E-state index contributed by atoms with van der Waals surface area (Å²) in [6.07, 6.45) is 0. The summed E-state index contributed by atoms with van der Waals surface area (Å²) in [6.45, 7) is -0.269. The van der Waals surface area contributed by atoms with Gasteiger partial charge in [-0.25, -0.2) is 9.18 Å². The fourth-order valence-electron chi connectivity index (χ4n) is 2.29. The largest absolute Gasteiger partial charge is 0.495 e. The molecule has 10 heteroatoms. The Kier molecular flexibility index (Phi) is 5.99. The predicted octanol–water partition coefficient (Wildman–Crippen LogP) is 3.46. The highest BCUT2D eigenvalue weighted by atomic mass is 79.9. The van der Waals surface area contributed by atoms with Gasteiger partial charge in [0.2, 0.25) is 11.9 Å². The normalized spacial score (nSPS) is 10.4. The van der Waals surface area contributed by atoms with Crippen LogP contribution in [0.3, 0.4) is 0 Å². The van der Waals surface area contributed by atoms with Crippen molar-refractivity contribution in [1.82, 2.24) is 15.0 Å². The minimum atomic E-state index is -0.732. The van der Waals surface area contributed by atoms with E-state index in [1.807, 2.05) is 12.1 Å². The second-order valence-electron chi connectivity index (χ2n) is 5.46. The first kappa shape index (κ1) is 19.5. The number of anilines is 3. The third kappa shape index (κ3) is 4.71. The van der Waals surface area contributed by atoms with Crippen LogP contribution in [0.25, 0.3) is 0 Å². The average molecular weight is 448 g/mol. The third-order valence-corrected chi connectivity index (χ3v) is 4.22. The van der Waals surface area contributed by atoms with E-state index in [2.05, 4.69) is 36.2 Å². The molecule has 0 saturated heterocycles. The molecule has 3 aromatic rings. The fraction of sp³-hybridized carbons (Fsp3) is 0.111. The molecule has 1 aromatic heterocycles. The number of nitrogen functional groups attached to an aromatic ring is 1. The molecular weight excluding hydrogens is 433 g/mol. The summed E-state index contributed by atoms with van der Waals surface area (Å²) in [7, 11) is 1.54. The standard InChI is InChI=1S/C18H15BrFN5O3/c1-27-14-5-3-2-4-13(14)22-18-24-15(23-17(21)25-18)9-28-16(26)11-8-10(20)6-7-12(11)19/h2-8H,9H2,1H3,(H3,21,22,23,24,25). The molecule has 0 atom stereocenters. The summed E-state index contributed by atoms with van der Waals surface area (Å²) in [6, 6.07) is 10.9. The molecule has 0 unspecified atom stereocenters. The smallest absolute Gasteiger partial charge is 0.339 e. The summed E-state index contributed by atoms with van der Waals surface area (Å²) in [5, 5.41) is 2.98. The summed E-state index contributed by atoms with van der Waals surface area (Å²) >= 11 is 3.18. The number of hydrogen-bond donors (Lipinski definition) is 2. The van der Waals surface area contributed by atoms with Crippen LogP contribution >= 0.6 is 15.9 Å². The Morgan fingerprint density at radius 3 is 2.79 bits per heavy atom. The molecule has 0 bridgehead atoms. The van der Waals surface area contributed by atoms with Crippen molar-refractivity contribution in [2.45, 2.75) is 6.61 Å². The van der Waals surface area contributed by atoms with Gasteiger partial charge >= 0.3 is 5.97 Å². The van der Waals surface area contributed by atoms with Crippen molar-refractivity contribution < 1.29 is 18.7 Å². The Bertz CT molecular complexity index is 1020. The maximum absolute atomic E-state index is 13.3. The SMILES string of the molecule is COc1ccccc1Nc1nc(N)nc(COC(=O)c2cc(F)ccc2Br)n1. The quantitative estimate of drug-likeness (QED) is 0.552. The van der Waals surface area contributed by atoms with Gasteiger partial charge in [-0.15, -0.1) is 0 Å². The lowest BCUT2D eigenvalue weighted by atomic mass is 10.2. The number of nitrogens with zero attached hydrogens (tertiary/aromatic N) is 3. The highest BCUT2D eigenvalue weighted by Crippen LogP contribution is 2.25. The maximum Gasteiger partial charge on any atom is 0.339 e. The number of benzene rings is 2. The van der Waals surface area contributed by atoms with Crippen LogP contribution in [0, 0.1) is 5.82 Å². The number of halogens is 2. The van der Waals surface area contributed by atoms with Crippen LogP contribution < -0.4 is 15.8 Å². The number of nitrogens with two attached hydrogens (primary N) is 1. The molecule has 0 amide bonds. The molecule has 0 aliphatic heterocycles. The lowest BCUT2D eigenvalue weighted by molar-refractivity contribution is 0.0460. The van der Waals surface area contributed by atoms with E-state index in [9.17, 15) is 9.18 Å². The van der Waals surface area contributed by atoms with E-state index >= 15 is 0 Å². The Balaban J connectivity index is 1.74. The lowest BCUT2D eigenvalue weighted by Crippen LogP contribution is -2.12. The molecule has 0 aliphatic rings. The minimum Gasteiger partial charge on any atom is -0.495 e. The van der Waals surface area contributed by atoms with Crippen LogP contribution in [0.15, 0.2) is 46.9 Å². The number of esters is 1. The number of nitrogens with one attached hydrogen (secondary N) is 1. The Hall–Kier alpha value is -3.27. The number of hydrogen-bond acceptors (Lipinski definition) is 8. The summed E-state index contributed by atoms with van der Waals surface area (Å²) < 4.78 is 24.2. The second-order valence-corrected chi connectivity index (χ2v) is 6.31. The second kappa shape index (κ2) is 8.61. The van der Waals surface area contributed by atoms with Crippen molar-refractivity contribution in [2.75, 3.05) is 18.2 Å². The van der Waals surface area contributed by atoms with Crippen molar-refractivity contribution >= 4 is 39.5 Å². The molecule has 0 aliphatic carbocycles. The zero-order valence-corrected chi connectivity index (χ0v) is 16.2. The summed E-state index contributed by atoms with van der Waals surface area (Å²) in [4.78, 5) is 24.3. The topological polar surface area (TPSA) is 112 Å². The van der Waals surface area contributed by atoms with Gasteiger partial charge in [0.15, 0.2) is 12.4 Å². The number of ether oxygens (including phenoxy) is 2. The minimum absolute atomic E-state index is 0.0504. The van der Waals surface area contributed by atoms with E-state index in [1.54, 1.807) is 12.1 Å². The predicted molar refractivity (Wildman–Crippen MR) is 104 cm³/mol. The Morgan fingerprint density at radius 1 is 1.21 bits per heavy atom. The van der Waals surface area contributed by atoms with Crippen molar-refractivity contribution in [2.24, 2.45) is 0 Å². The van der Waals surface area contributed by atoms with Crippen LogP contribution in [0.2, 0.25) is 0 Å². The van der Waals surface area contributed by atoms with Gasteiger partial charge in [-0.05, 0) is 46.3 Å². The van der Waals surface area contributed by atoms with Gasteiger partial charge in [0.25, 0.3) is 0 Å². The Labute approximate surface area is 168 Å². The fourth-order valence-corrected chi connectivity index (χ4v) is 2.70. The highest BCUT2D eigenvalue weighted by molar-refractivity contribution is 9.10. The first-order valence-corrected chi connectivity index (χ1v) is 8.78. The summed E-state index contributed by atoms with van der Waals surface area (Å²) in [5.74, 6) is -0.455. The molecular formula is C18H15BrFN5O3. The number of rotatable bonds is 6. The van der Waals surface area contributed by atoms with Crippen LogP contribution in [0.1, 0.15) is 16.2 Å². The highest BCUT2D eigenvalue weighted by Gasteiger charge is 2.15. The van der Waals surface area contributed by atoms with E-state index in [1.165, 1.54) is 19.2 Å². The van der Waals surface area contributed by atoms with Gasteiger partial charge in [0, 0.05) is 4.47 Å². The van der Waals surface area contributed by atoms with Crippen molar-refractivity contribution in [3.05, 3.63) is 64.1 Å². The molecule has 2 aromatic carbocycles. The van der Waals surface area contributed by atoms with Crippen molar-refractivity contribution in [3.63, 3.8) is 0 Å². The van der Waals surface area contributed by atoms with Crippen LogP contribution in [0.4, 0.5) is 22.0 Å². The molecule has 3 N–H and O–H groups in total. The lowest BCUT2D eigenvalue weighted by Gasteiger charge is -2.11. The molecule has 8 nitrogen and oxygen atoms in total. The summed E-state index contributed by atoms with van der Waals surface area (Å²) in [5.41, 5.74) is 6.39. The number of methoxy groups -OCH3 is 1. The van der Waals surface area contributed by atoms with E-state index in [0.29, 0.717) is 15.9 Å². The number of carbonyl (C=O) groups excluding carboxylic acids is 1. The number of aromatic nitrogens is 3. The van der Waals surface area contributed by atoms with Gasteiger partial charge in [0.05, 0.1) is 18.4 Å². The molecule has 3 rings (SSSR count). The number of carbonyl (C=O) groups is 1. The molecule has 0 spiro atoms. The van der Waals surface area contributed by atoms with Gasteiger partial charge < -0.3 is 20.5 Å². The van der Waals surface area contributed by atoms with E-state index < -0.39 is 11.8 Å². The molecule has 0 fully saturated rings. The average Bonchev–Trinajstić information content (AvgIpc) is 2.68. The van der Waals surface area contributed by atoms with Gasteiger partial charge in [-0.3, -0.25) is 0 Å². The maximum atomic E-state index is 13.3. The van der Waals surface area contributed by atoms with Gasteiger partial charge in [-0.2, -0.15) is 15.0 Å². The molecule has 28 heavy (non-hydrogen) atoms. The number of para-hydroxylation sites is 2. The van der Waals surface area contributed by atoms with Crippen molar-refractivity contribution in [3.8, 4) is 5.75 Å². The first-order chi connectivity index (χ1) is 13.5. The molecule has 0 radical (unpaired) electrons. The van der Waals surface area contributed by atoms with E-state index in [4.69, 9.17) is 15.2 Å². The zero-order valence-electron chi connectivity index (χ0n) is 14.6.